The highest BCUT2D eigenvalue weighted by molar-refractivity contribution is 6.02. The Balaban J connectivity index is 0.000000282. The summed E-state index contributed by atoms with van der Waals surface area (Å²) in [5.74, 6) is -5.81. The van der Waals surface area contributed by atoms with Crippen molar-refractivity contribution in [2.45, 2.75) is 19.6 Å². The maximum Gasteiger partial charge on any atom is 0.352 e. The fourth-order valence-corrected chi connectivity index (χ4v) is 2.30. The van der Waals surface area contributed by atoms with Crippen LogP contribution in [0.5, 0.6) is 0 Å². The number of nitrogens with one attached hydrogen (secondary N) is 1. The average Bonchev–Trinajstić information content (AvgIpc) is 3.12. The van der Waals surface area contributed by atoms with Crippen molar-refractivity contribution in [2.24, 2.45) is 5.73 Å². The predicted octanol–water partition coefficient (Wildman–Crippen LogP) is 0.615. The number of carboxylic acids is 1. The summed E-state index contributed by atoms with van der Waals surface area (Å²) in [5.41, 5.74) is 7.92. The van der Waals surface area contributed by atoms with Gasteiger partial charge in [0.1, 0.15) is 5.70 Å². The van der Waals surface area contributed by atoms with Gasteiger partial charge in [-0.1, -0.05) is 18.2 Å². The molecule has 0 spiro atoms. The van der Waals surface area contributed by atoms with Gasteiger partial charge in [0, 0.05) is 0 Å². The molecule has 1 heterocycles. The van der Waals surface area contributed by atoms with Crippen LogP contribution in [-0.2, 0) is 14.4 Å². The summed E-state index contributed by atoms with van der Waals surface area (Å²) in [6.07, 6.45) is 0. The van der Waals surface area contributed by atoms with Crippen LogP contribution in [0.2, 0.25) is 0 Å². The van der Waals surface area contributed by atoms with Crippen LogP contribution in [-0.4, -0.2) is 46.7 Å². The number of halogens is 1. The second-order valence-corrected chi connectivity index (χ2v) is 5.68. The number of benzene rings is 1. The van der Waals surface area contributed by atoms with E-state index in [4.69, 9.17) is 10.8 Å². The molecule has 3 aliphatic rings. The maximum atomic E-state index is 13.9. The van der Waals surface area contributed by atoms with Gasteiger partial charge in [-0.3, -0.25) is 14.5 Å². The molecule has 7 nitrogen and oxygen atoms in total. The van der Waals surface area contributed by atoms with Gasteiger partial charge in [-0.25, -0.2) is 9.18 Å². The zero-order chi connectivity index (χ0) is 18.1. The summed E-state index contributed by atoms with van der Waals surface area (Å²) in [4.78, 5) is 34.2. The summed E-state index contributed by atoms with van der Waals surface area (Å²) in [6.45, 7) is 2.00. The van der Waals surface area contributed by atoms with Crippen LogP contribution in [0.3, 0.4) is 0 Å². The van der Waals surface area contributed by atoms with Crippen LogP contribution >= 0.6 is 0 Å². The first-order chi connectivity index (χ1) is 11.2. The van der Waals surface area contributed by atoms with Crippen molar-refractivity contribution in [3.63, 3.8) is 0 Å². The Kier molecular flexibility index (Phi) is 4.70. The Morgan fingerprint density at radius 3 is 2.25 bits per heavy atom. The van der Waals surface area contributed by atoms with Crippen molar-refractivity contribution in [3.8, 4) is 11.1 Å². The third kappa shape index (κ3) is 3.43. The van der Waals surface area contributed by atoms with E-state index in [-0.39, 0.29) is 5.70 Å². The van der Waals surface area contributed by atoms with Crippen LogP contribution < -0.4 is 11.1 Å². The van der Waals surface area contributed by atoms with E-state index in [1.54, 1.807) is 0 Å². The van der Waals surface area contributed by atoms with Crippen molar-refractivity contribution in [3.05, 3.63) is 35.5 Å². The molecular weight excluding hydrogens is 317 g/mol. The molecule has 2 amide bonds. The molecule has 1 unspecified atom stereocenters. The zero-order valence-electron chi connectivity index (χ0n) is 13.3. The molecule has 3 rings (SSSR count). The summed E-state index contributed by atoms with van der Waals surface area (Å²) in [5, 5.41) is 10.7. The predicted molar refractivity (Wildman–Crippen MR) is 84.2 cm³/mol. The molecule has 0 saturated carbocycles. The van der Waals surface area contributed by atoms with Crippen LogP contribution in [0.15, 0.2) is 35.5 Å². The summed E-state index contributed by atoms with van der Waals surface area (Å²) < 4.78 is 13.9. The molecule has 4 N–H and O–H groups in total. The number of nitrogens with zero attached hydrogens (tertiary/aromatic N) is 1. The molecule has 1 saturated heterocycles. The molecule has 8 heteroatoms. The minimum atomic E-state index is -2.56. The van der Waals surface area contributed by atoms with E-state index in [0.29, 0.717) is 5.57 Å². The summed E-state index contributed by atoms with van der Waals surface area (Å²) in [7, 11) is 0. The molecule has 0 radical (unpaired) electrons. The van der Waals surface area contributed by atoms with Gasteiger partial charge in [0.2, 0.25) is 5.91 Å². The van der Waals surface area contributed by atoms with Gasteiger partial charge in [0.25, 0.3) is 11.7 Å². The van der Waals surface area contributed by atoms with Gasteiger partial charge in [-0.15, -0.1) is 0 Å². The van der Waals surface area contributed by atoms with E-state index >= 15 is 0 Å². The SMILES string of the molecule is CC(C)=C(C(=O)O)N1CC(F)(NC(=O)CN)C1=O.c1cc2cc-2c1. The van der Waals surface area contributed by atoms with Gasteiger partial charge < -0.3 is 16.2 Å². The number of allylic oxidation sites excluding steroid dienone is 1. The number of likely N-dealkylation sites (tertiary alicyclic amines) is 1. The lowest BCUT2D eigenvalue weighted by atomic mass is 10.0. The number of alkyl halides is 1. The Labute approximate surface area is 137 Å². The van der Waals surface area contributed by atoms with Crippen LogP contribution in [0, 0.1) is 0 Å². The molecule has 1 aliphatic heterocycles. The summed E-state index contributed by atoms with van der Waals surface area (Å²) in [6, 6.07) is 8.48. The maximum absolute atomic E-state index is 13.9. The van der Waals surface area contributed by atoms with Crippen molar-refractivity contribution in [1.82, 2.24) is 10.2 Å². The number of amides is 2. The van der Waals surface area contributed by atoms with Crippen molar-refractivity contribution in [2.75, 3.05) is 13.1 Å². The van der Waals surface area contributed by atoms with E-state index in [1.807, 2.05) is 5.32 Å². The van der Waals surface area contributed by atoms with Gasteiger partial charge in [-0.05, 0) is 36.6 Å². The lowest BCUT2D eigenvalue weighted by molar-refractivity contribution is -0.168. The highest BCUT2D eigenvalue weighted by atomic mass is 19.1. The fraction of sp³-hybridized carbons (Fsp3) is 0.312. The first-order valence-electron chi connectivity index (χ1n) is 7.23. The number of carbonyl (C=O) groups is 3. The van der Waals surface area contributed by atoms with Gasteiger partial charge in [-0.2, -0.15) is 0 Å². The minimum absolute atomic E-state index is 0.282. The quantitative estimate of drug-likeness (QED) is 0.431. The number of hydrogen-bond donors (Lipinski definition) is 3. The number of nitrogens with two attached hydrogens (primary N) is 1. The monoisotopic (exact) mass is 335 g/mol. The molecule has 0 aromatic rings. The Morgan fingerprint density at radius 2 is 1.96 bits per heavy atom. The third-order valence-corrected chi connectivity index (χ3v) is 3.54. The first-order valence-corrected chi connectivity index (χ1v) is 7.23. The van der Waals surface area contributed by atoms with Crippen LogP contribution in [0.1, 0.15) is 13.8 Å². The van der Waals surface area contributed by atoms with E-state index in [9.17, 15) is 18.8 Å². The molecule has 0 aromatic heterocycles. The van der Waals surface area contributed by atoms with Gasteiger partial charge >= 0.3 is 5.97 Å². The van der Waals surface area contributed by atoms with Crippen molar-refractivity contribution < 1.29 is 23.9 Å². The molecule has 2 aliphatic carbocycles. The molecule has 1 fully saturated rings. The molecule has 24 heavy (non-hydrogen) atoms. The fourth-order valence-electron chi connectivity index (χ4n) is 2.30. The standard InChI is InChI=1S/C10H14FN3O4.C6H4/c1-5(2)7(8(16)17)14-4-10(11,9(14)18)13-6(15)3-12;1-2-5-4-6(5)3-1/h3-4,12H2,1-2H3,(H,13,15)(H,16,17);1-4H. The number of carboxylic acid groups (broad SMARTS) is 1. The average molecular weight is 335 g/mol. The Hall–Kier alpha value is -2.74. The van der Waals surface area contributed by atoms with Gasteiger partial charge in [0.15, 0.2) is 0 Å². The number of fused-ring (bicyclic) bond motifs is 1. The highest BCUT2D eigenvalue weighted by Crippen LogP contribution is 2.32. The van der Waals surface area contributed by atoms with E-state index in [0.717, 1.165) is 4.90 Å². The highest BCUT2D eigenvalue weighted by Gasteiger charge is 2.56. The second kappa shape index (κ2) is 6.40. The van der Waals surface area contributed by atoms with Crippen LogP contribution in [0.4, 0.5) is 4.39 Å². The minimum Gasteiger partial charge on any atom is -0.477 e. The topological polar surface area (TPSA) is 113 Å². The van der Waals surface area contributed by atoms with Crippen molar-refractivity contribution >= 4 is 17.8 Å². The van der Waals surface area contributed by atoms with Crippen LogP contribution in [0.25, 0.3) is 11.1 Å². The normalized spacial score (nSPS) is 19.5. The largest absolute Gasteiger partial charge is 0.477 e. The van der Waals surface area contributed by atoms with E-state index < -0.39 is 36.7 Å². The first kappa shape index (κ1) is 17.6. The number of carbonyl (C=O) groups excluding carboxylic acids is 2. The number of β-lactam (4-membered cyclic amide) rings is 1. The lowest BCUT2D eigenvalue weighted by Gasteiger charge is -2.43. The smallest absolute Gasteiger partial charge is 0.352 e. The second-order valence-electron chi connectivity index (χ2n) is 5.68. The molecule has 1 atom stereocenters. The third-order valence-electron chi connectivity index (χ3n) is 3.54. The van der Waals surface area contributed by atoms with E-state index in [1.165, 1.54) is 25.0 Å². The molecule has 128 valence electrons. The van der Waals surface area contributed by atoms with Crippen molar-refractivity contribution in [1.29, 1.82) is 0 Å². The van der Waals surface area contributed by atoms with Gasteiger partial charge in [0.05, 0.1) is 13.1 Å². The van der Waals surface area contributed by atoms with E-state index in [2.05, 4.69) is 24.3 Å². The lowest BCUT2D eigenvalue weighted by Crippen LogP contribution is -2.72. The number of aliphatic carboxylic acids is 1. The number of hydrogen-bond acceptors (Lipinski definition) is 4. The zero-order valence-corrected chi connectivity index (χ0v) is 13.3. The summed E-state index contributed by atoms with van der Waals surface area (Å²) >= 11 is 0. The molecular formula is C16H18FN3O4. The Bertz CT molecular complexity index is 725. The number of rotatable bonds is 4. The molecule has 0 aromatic carbocycles. The molecule has 0 bridgehead atoms. The Morgan fingerprint density at radius 1 is 1.38 bits per heavy atom.